The molecule has 3 nitrogen and oxygen atoms in total. The van der Waals surface area contributed by atoms with Gasteiger partial charge in [-0.15, -0.1) is 11.3 Å². The molecule has 1 unspecified atom stereocenters. The first-order chi connectivity index (χ1) is 8.83. The minimum Gasteiger partial charge on any atom is -0.293 e. The molecular weight excluding hydrogens is 242 g/mol. The first-order valence-corrected chi connectivity index (χ1v) is 6.37. The van der Waals surface area contributed by atoms with E-state index >= 15 is 0 Å². The molecule has 88 valence electrons. The van der Waals surface area contributed by atoms with Crippen LogP contribution in [-0.4, -0.2) is 0 Å². The van der Waals surface area contributed by atoms with Gasteiger partial charge >= 0.3 is 0 Å². The molecule has 1 heterocycles. The quantitative estimate of drug-likeness (QED) is 0.911. The molecule has 0 saturated carbocycles. The molecule has 0 saturated heterocycles. The van der Waals surface area contributed by atoms with Gasteiger partial charge in [-0.25, -0.2) is 0 Å². The van der Waals surface area contributed by atoms with E-state index in [4.69, 9.17) is 5.26 Å². The summed E-state index contributed by atoms with van der Waals surface area (Å²) in [4.78, 5) is 1.19. The molecule has 0 amide bonds. The second-order valence-corrected chi connectivity index (χ2v) is 4.79. The monoisotopic (exact) mass is 253 g/mol. The lowest BCUT2D eigenvalue weighted by Gasteiger charge is -2.11. The van der Waals surface area contributed by atoms with Gasteiger partial charge in [0, 0.05) is 11.4 Å². The first-order valence-electron chi connectivity index (χ1n) is 5.49. The molecule has 1 aromatic carbocycles. The van der Waals surface area contributed by atoms with E-state index in [0.717, 1.165) is 5.56 Å². The Labute approximate surface area is 110 Å². The highest BCUT2D eigenvalue weighted by Gasteiger charge is 2.10. The molecule has 0 aliphatic rings. The van der Waals surface area contributed by atoms with Gasteiger partial charge in [0.25, 0.3) is 0 Å². The van der Waals surface area contributed by atoms with Crippen LogP contribution >= 0.6 is 11.3 Å². The third kappa shape index (κ3) is 2.95. The molecule has 0 fully saturated rings. The lowest BCUT2D eigenvalue weighted by Crippen LogP contribution is -2.18. The van der Waals surface area contributed by atoms with Crippen LogP contribution in [0.15, 0.2) is 41.8 Å². The van der Waals surface area contributed by atoms with Crippen molar-refractivity contribution >= 4 is 11.3 Å². The third-order valence-corrected chi connectivity index (χ3v) is 3.42. The van der Waals surface area contributed by atoms with Crippen LogP contribution in [0.4, 0.5) is 0 Å². The van der Waals surface area contributed by atoms with Crippen molar-refractivity contribution in [2.45, 2.75) is 12.6 Å². The van der Waals surface area contributed by atoms with Gasteiger partial charge in [0.05, 0.1) is 17.7 Å². The maximum Gasteiger partial charge on any atom is 0.121 e. The van der Waals surface area contributed by atoms with E-state index in [1.54, 1.807) is 29.5 Å². The van der Waals surface area contributed by atoms with E-state index in [1.165, 1.54) is 4.88 Å². The van der Waals surface area contributed by atoms with Gasteiger partial charge in [-0.1, -0.05) is 18.2 Å². The van der Waals surface area contributed by atoms with Crippen LogP contribution < -0.4 is 5.32 Å². The number of nitrogens with zero attached hydrogens (tertiary/aromatic N) is 2. The van der Waals surface area contributed by atoms with Crippen LogP contribution in [0.1, 0.15) is 22.0 Å². The lowest BCUT2D eigenvalue weighted by molar-refractivity contribution is 0.636. The predicted octanol–water partition coefficient (Wildman–Crippen LogP) is 2.97. The van der Waals surface area contributed by atoms with E-state index < -0.39 is 0 Å². The molecule has 0 radical (unpaired) electrons. The Bertz CT molecular complexity index is 590. The Kier molecular flexibility index (Phi) is 4.09. The number of benzene rings is 1. The Morgan fingerprint density at radius 2 is 2.11 bits per heavy atom. The molecule has 0 aliphatic heterocycles. The first kappa shape index (κ1) is 12.3. The second kappa shape index (κ2) is 5.97. The van der Waals surface area contributed by atoms with Gasteiger partial charge < -0.3 is 0 Å². The summed E-state index contributed by atoms with van der Waals surface area (Å²) in [6.45, 7) is 0.659. The zero-order valence-electron chi connectivity index (χ0n) is 9.63. The summed E-state index contributed by atoms with van der Waals surface area (Å²) in [5, 5.41) is 23.2. The van der Waals surface area contributed by atoms with E-state index in [0.29, 0.717) is 12.1 Å². The zero-order valence-corrected chi connectivity index (χ0v) is 10.4. The maximum absolute atomic E-state index is 9.18. The van der Waals surface area contributed by atoms with E-state index in [2.05, 4.69) is 17.5 Å². The Morgan fingerprint density at radius 1 is 1.22 bits per heavy atom. The third-order valence-electron chi connectivity index (χ3n) is 2.54. The second-order valence-electron chi connectivity index (χ2n) is 3.76. The summed E-state index contributed by atoms with van der Waals surface area (Å²) < 4.78 is 0. The van der Waals surface area contributed by atoms with Crippen molar-refractivity contribution in [2.24, 2.45) is 0 Å². The van der Waals surface area contributed by atoms with Crippen molar-refractivity contribution in [1.29, 1.82) is 10.5 Å². The minimum atomic E-state index is -0.389. The molecule has 18 heavy (non-hydrogen) atoms. The zero-order chi connectivity index (χ0) is 12.8. The average molecular weight is 253 g/mol. The fourth-order valence-corrected chi connectivity index (χ4v) is 2.30. The van der Waals surface area contributed by atoms with Gasteiger partial charge in [0.2, 0.25) is 0 Å². The summed E-state index contributed by atoms with van der Waals surface area (Å²) >= 11 is 1.65. The maximum atomic E-state index is 9.18. The van der Waals surface area contributed by atoms with E-state index in [9.17, 15) is 5.26 Å². The van der Waals surface area contributed by atoms with E-state index in [1.807, 2.05) is 23.6 Å². The highest BCUT2D eigenvalue weighted by molar-refractivity contribution is 7.09. The molecular formula is C14H11N3S. The molecule has 0 bridgehead atoms. The molecule has 1 aromatic heterocycles. The normalized spacial score (nSPS) is 11.4. The Balaban J connectivity index is 2.09. The van der Waals surface area contributed by atoms with Crippen molar-refractivity contribution in [3.63, 3.8) is 0 Å². The number of thiophene rings is 1. The molecule has 1 atom stereocenters. The number of nitriles is 2. The highest BCUT2D eigenvalue weighted by atomic mass is 32.1. The van der Waals surface area contributed by atoms with Crippen LogP contribution in [0.3, 0.4) is 0 Å². The van der Waals surface area contributed by atoms with Crippen LogP contribution in [0.2, 0.25) is 0 Å². The van der Waals surface area contributed by atoms with Gasteiger partial charge in [-0.05, 0) is 29.1 Å². The standard InChI is InChI=1S/C14H11N3S/c15-8-11-3-1-4-12(7-11)14(9-16)17-10-13-5-2-6-18-13/h1-7,14,17H,10H2. The van der Waals surface area contributed by atoms with Gasteiger partial charge in [0.15, 0.2) is 0 Å². The largest absolute Gasteiger partial charge is 0.293 e. The fraction of sp³-hybridized carbons (Fsp3) is 0.143. The fourth-order valence-electron chi connectivity index (χ4n) is 1.64. The molecule has 0 spiro atoms. The van der Waals surface area contributed by atoms with Crippen molar-refractivity contribution in [3.8, 4) is 12.1 Å². The summed E-state index contributed by atoms with van der Waals surface area (Å²) in [6, 6.07) is 15.1. The molecule has 0 aliphatic carbocycles. The van der Waals surface area contributed by atoms with E-state index in [-0.39, 0.29) is 6.04 Å². The van der Waals surface area contributed by atoms with Crippen molar-refractivity contribution in [3.05, 3.63) is 57.8 Å². The summed E-state index contributed by atoms with van der Waals surface area (Å²) in [5.74, 6) is 0. The molecule has 2 aromatic rings. The topological polar surface area (TPSA) is 59.6 Å². The number of hydrogen-bond acceptors (Lipinski definition) is 4. The lowest BCUT2D eigenvalue weighted by atomic mass is 10.1. The predicted molar refractivity (Wildman–Crippen MR) is 70.7 cm³/mol. The average Bonchev–Trinajstić information content (AvgIpc) is 2.93. The van der Waals surface area contributed by atoms with Crippen LogP contribution in [0.5, 0.6) is 0 Å². The van der Waals surface area contributed by atoms with Crippen LogP contribution in [-0.2, 0) is 6.54 Å². The van der Waals surface area contributed by atoms with Crippen molar-refractivity contribution < 1.29 is 0 Å². The van der Waals surface area contributed by atoms with Gasteiger partial charge in [-0.2, -0.15) is 10.5 Å². The molecule has 1 N–H and O–H groups in total. The summed E-state index contributed by atoms with van der Waals surface area (Å²) in [6.07, 6.45) is 0. The van der Waals surface area contributed by atoms with Crippen molar-refractivity contribution in [2.75, 3.05) is 0 Å². The number of hydrogen-bond donors (Lipinski definition) is 1. The summed E-state index contributed by atoms with van der Waals surface area (Å²) in [5.41, 5.74) is 1.40. The molecule has 4 heteroatoms. The van der Waals surface area contributed by atoms with Gasteiger partial charge in [-0.3, -0.25) is 5.32 Å². The smallest absolute Gasteiger partial charge is 0.121 e. The van der Waals surface area contributed by atoms with Crippen LogP contribution in [0.25, 0.3) is 0 Å². The van der Waals surface area contributed by atoms with Gasteiger partial charge in [0.1, 0.15) is 6.04 Å². The van der Waals surface area contributed by atoms with Crippen LogP contribution in [0, 0.1) is 22.7 Å². The SMILES string of the molecule is N#Cc1cccc(C(C#N)NCc2cccs2)c1. The number of nitrogens with one attached hydrogen (secondary N) is 1. The minimum absolute atomic E-state index is 0.389. The Hall–Kier alpha value is -2.14. The Morgan fingerprint density at radius 3 is 2.78 bits per heavy atom. The van der Waals surface area contributed by atoms with Crippen molar-refractivity contribution in [1.82, 2.24) is 5.32 Å². The number of rotatable bonds is 4. The highest BCUT2D eigenvalue weighted by Crippen LogP contribution is 2.16. The summed E-state index contributed by atoms with van der Waals surface area (Å²) in [7, 11) is 0. The molecule has 2 rings (SSSR count).